The fraction of sp³-hybridized carbons (Fsp3) is 0.278. The number of rotatable bonds is 3. The van der Waals surface area contributed by atoms with Gasteiger partial charge < -0.3 is 23.9 Å². The molecule has 4 rings (SSSR count). The maximum Gasteiger partial charge on any atom is 0.318 e. The van der Waals surface area contributed by atoms with Crippen LogP contribution in [0.4, 0.5) is 4.79 Å². The standard InChI is InChI=1S/C18H19N3O3/c1-23-15-4-5-17-13(10-15)9-14-12-20(6-7-21(14)17)18(22)19-11-16-3-2-8-24-16/h2-5,8-10H,6-7,11-12H2,1H3,(H,19,22). The highest BCUT2D eigenvalue weighted by molar-refractivity contribution is 5.83. The van der Waals surface area contributed by atoms with Gasteiger partial charge in [0.25, 0.3) is 0 Å². The van der Waals surface area contributed by atoms with Crippen LogP contribution in [0, 0.1) is 0 Å². The molecule has 1 N–H and O–H groups in total. The first-order valence-electron chi connectivity index (χ1n) is 7.96. The van der Waals surface area contributed by atoms with E-state index in [-0.39, 0.29) is 6.03 Å². The minimum absolute atomic E-state index is 0.0690. The van der Waals surface area contributed by atoms with Gasteiger partial charge >= 0.3 is 6.03 Å². The van der Waals surface area contributed by atoms with Gasteiger partial charge in [-0.15, -0.1) is 0 Å². The third-order valence-electron chi connectivity index (χ3n) is 4.42. The molecule has 3 heterocycles. The minimum Gasteiger partial charge on any atom is -0.497 e. The smallest absolute Gasteiger partial charge is 0.318 e. The van der Waals surface area contributed by atoms with E-state index >= 15 is 0 Å². The van der Waals surface area contributed by atoms with Crippen LogP contribution in [-0.2, 0) is 19.6 Å². The van der Waals surface area contributed by atoms with Gasteiger partial charge in [0.05, 0.1) is 26.5 Å². The topological polar surface area (TPSA) is 59.6 Å². The van der Waals surface area contributed by atoms with Crippen molar-refractivity contribution in [1.29, 1.82) is 0 Å². The number of carbonyl (C=O) groups is 1. The van der Waals surface area contributed by atoms with Gasteiger partial charge in [-0.05, 0) is 36.4 Å². The molecule has 2 aromatic heterocycles. The van der Waals surface area contributed by atoms with Crippen LogP contribution in [0.15, 0.2) is 47.1 Å². The van der Waals surface area contributed by atoms with Crippen LogP contribution in [0.3, 0.4) is 0 Å². The van der Waals surface area contributed by atoms with Crippen LogP contribution in [0.5, 0.6) is 5.75 Å². The Kier molecular flexibility index (Phi) is 3.65. The highest BCUT2D eigenvalue weighted by Gasteiger charge is 2.22. The molecule has 0 saturated heterocycles. The Morgan fingerprint density at radius 1 is 1.29 bits per heavy atom. The predicted octanol–water partition coefficient (Wildman–Crippen LogP) is 2.97. The zero-order valence-corrected chi connectivity index (χ0v) is 13.5. The summed E-state index contributed by atoms with van der Waals surface area (Å²) in [7, 11) is 1.67. The van der Waals surface area contributed by atoms with Crippen molar-refractivity contribution in [3.63, 3.8) is 0 Å². The summed E-state index contributed by atoms with van der Waals surface area (Å²) in [5, 5.41) is 4.04. The molecule has 0 fully saturated rings. The Labute approximate surface area is 139 Å². The highest BCUT2D eigenvalue weighted by atomic mass is 16.5. The molecule has 0 unspecified atom stereocenters. The number of hydrogen-bond acceptors (Lipinski definition) is 3. The average Bonchev–Trinajstić information content (AvgIpc) is 3.25. The molecule has 0 aliphatic carbocycles. The predicted molar refractivity (Wildman–Crippen MR) is 89.8 cm³/mol. The third kappa shape index (κ3) is 2.60. The second-order valence-electron chi connectivity index (χ2n) is 5.87. The van der Waals surface area contributed by atoms with Crippen LogP contribution >= 0.6 is 0 Å². The first kappa shape index (κ1) is 14.7. The van der Waals surface area contributed by atoms with E-state index in [0.717, 1.165) is 29.1 Å². The third-order valence-corrected chi connectivity index (χ3v) is 4.42. The van der Waals surface area contributed by atoms with Gasteiger partial charge in [0.15, 0.2) is 0 Å². The lowest BCUT2D eigenvalue weighted by Gasteiger charge is -2.29. The van der Waals surface area contributed by atoms with E-state index in [1.807, 2.05) is 29.2 Å². The Bertz CT molecular complexity index is 867. The number of nitrogens with one attached hydrogen (secondary N) is 1. The number of hydrogen-bond donors (Lipinski definition) is 1. The van der Waals surface area contributed by atoms with E-state index in [1.165, 1.54) is 5.52 Å². The molecule has 3 aromatic rings. The quantitative estimate of drug-likeness (QED) is 0.805. The lowest BCUT2D eigenvalue weighted by atomic mass is 10.2. The molecule has 24 heavy (non-hydrogen) atoms. The zero-order valence-electron chi connectivity index (χ0n) is 13.5. The van der Waals surface area contributed by atoms with Crippen molar-refractivity contribution in [1.82, 2.24) is 14.8 Å². The zero-order chi connectivity index (χ0) is 16.5. The van der Waals surface area contributed by atoms with Gasteiger partial charge in [-0.25, -0.2) is 4.79 Å². The van der Waals surface area contributed by atoms with Crippen molar-refractivity contribution in [2.45, 2.75) is 19.6 Å². The van der Waals surface area contributed by atoms with Crippen LogP contribution in [0.25, 0.3) is 10.9 Å². The highest BCUT2D eigenvalue weighted by Crippen LogP contribution is 2.27. The molecule has 1 aliphatic heterocycles. The Morgan fingerprint density at radius 3 is 3.00 bits per heavy atom. The number of amides is 2. The number of fused-ring (bicyclic) bond motifs is 3. The summed E-state index contributed by atoms with van der Waals surface area (Å²) in [6.45, 7) is 2.48. The molecule has 124 valence electrons. The molecule has 6 nitrogen and oxygen atoms in total. The molecule has 6 heteroatoms. The number of ether oxygens (including phenoxy) is 1. The number of furan rings is 1. The molecular formula is C18H19N3O3. The van der Waals surface area contributed by atoms with Gasteiger partial charge in [-0.2, -0.15) is 0 Å². The summed E-state index contributed by atoms with van der Waals surface area (Å²) < 4.78 is 12.8. The molecule has 1 aromatic carbocycles. The number of urea groups is 1. The van der Waals surface area contributed by atoms with Gasteiger partial charge in [0.2, 0.25) is 0 Å². The maximum atomic E-state index is 12.4. The summed E-state index contributed by atoms with van der Waals surface area (Å²) >= 11 is 0. The number of aromatic nitrogens is 1. The molecule has 2 amide bonds. The van der Waals surface area contributed by atoms with Gasteiger partial charge in [-0.3, -0.25) is 0 Å². The fourth-order valence-electron chi connectivity index (χ4n) is 3.18. The van der Waals surface area contributed by atoms with E-state index in [4.69, 9.17) is 9.15 Å². The maximum absolute atomic E-state index is 12.4. The van der Waals surface area contributed by atoms with Crippen molar-refractivity contribution < 1.29 is 13.9 Å². The number of methoxy groups -OCH3 is 1. The molecule has 0 atom stereocenters. The van der Waals surface area contributed by atoms with Crippen LogP contribution in [-0.4, -0.2) is 29.2 Å². The minimum atomic E-state index is -0.0690. The molecule has 0 radical (unpaired) electrons. The van der Waals surface area contributed by atoms with E-state index < -0.39 is 0 Å². The Hall–Kier alpha value is -2.89. The summed E-state index contributed by atoms with van der Waals surface area (Å²) in [6.07, 6.45) is 1.61. The lowest BCUT2D eigenvalue weighted by Crippen LogP contribution is -2.43. The van der Waals surface area contributed by atoms with Crippen molar-refractivity contribution in [2.24, 2.45) is 0 Å². The molecular weight excluding hydrogens is 306 g/mol. The van der Waals surface area contributed by atoms with Crippen LogP contribution in [0.1, 0.15) is 11.5 Å². The first-order valence-corrected chi connectivity index (χ1v) is 7.96. The Morgan fingerprint density at radius 2 is 2.21 bits per heavy atom. The second kappa shape index (κ2) is 5.96. The van der Waals surface area contributed by atoms with Crippen molar-refractivity contribution >= 4 is 16.9 Å². The number of carbonyl (C=O) groups excluding carboxylic acids is 1. The normalized spacial score (nSPS) is 13.8. The number of nitrogens with zero attached hydrogens (tertiary/aromatic N) is 2. The van der Waals surface area contributed by atoms with E-state index in [2.05, 4.69) is 22.0 Å². The van der Waals surface area contributed by atoms with Crippen LogP contribution < -0.4 is 10.1 Å². The van der Waals surface area contributed by atoms with E-state index in [1.54, 1.807) is 13.4 Å². The van der Waals surface area contributed by atoms with Crippen LogP contribution in [0.2, 0.25) is 0 Å². The monoisotopic (exact) mass is 325 g/mol. The molecule has 0 saturated carbocycles. The molecule has 0 spiro atoms. The summed E-state index contributed by atoms with van der Waals surface area (Å²) in [5.41, 5.74) is 2.32. The van der Waals surface area contributed by atoms with Crippen molar-refractivity contribution in [2.75, 3.05) is 13.7 Å². The van der Waals surface area contributed by atoms with Gasteiger partial charge in [0.1, 0.15) is 11.5 Å². The number of benzene rings is 1. The molecule has 0 bridgehead atoms. The van der Waals surface area contributed by atoms with E-state index in [9.17, 15) is 4.79 Å². The van der Waals surface area contributed by atoms with E-state index in [0.29, 0.717) is 19.6 Å². The van der Waals surface area contributed by atoms with Crippen molar-refractivity contribution in [3.05, 3.63) is 54.1 Å². The average molecular weight is 325 g/mol. The lowest BCUT2D eigenvalue weighted by molar-refractivity contribution is 0.183. The SMILES string of the molecule is COc1ccc2c(c1)cc1n2CCN(C(=O)NCc2ccco2)C1. The fourth-order valence-corrected chi connectivity index (χ4v) is 3.18. The first-order chi connectivity index (χ1) is 11.7. The largest absolute Gasteiger partial charge is 0.497 e. The summed E-state index contributed by atoms with van der Waals surface area (Å²) in [6, 6.07) is 11.8. The van der Waals surface area contributed by atoms with Gasteiger partial charge in [-0.1, -0.05) is 0 Å². The summed E-state index contributed by atoms with van der Waals surface area (Å²) in [4.78, 5) is 14.2. The van der Waals surface area contributed by atoms with Gasteiger partial charge in [0, 0.05) is 29.7 Å². The van der Waals surface area contributed by atoms with Crippen molar-refractivity contribution in [3.8, 4) is 5.75 Å². The summed E-state index contributed by atoms with van der Waals surface area (Å²) in [5.74, 6) is 1.60. The Balaban J connectivity index is 1.49. The molecule has 1 aliphatic rings. The second-order valence-corrected chi connectivity index (χ2v) is 5.87.